The molecule has 0 spiro atoms. The van der Waals surface area contributed by atoms with Crippen molar-refractivity contribution in [1.29, 1.82) is 0 Å². The van der Waals surface area contributed by atoms with Gasteiger partial charge in [-0.25, -0.2) is 0 Å². The van der Waals surface area contributed by atoms with E-state index in [0.29, 0.717) is 19.0 Å². The molecule has 130 valence electrons. The number of rotatable bonds is 14. The Labute approximate surface area is 139 Å². The summed E-state index contributed by atoms with van der Waals surface area (Å²) in [4.78, 5) is 10.1. The van der Waals surface area contributed by atoms with E-state index in [0.717, 1.165) is 13.0 Å². The van der Waals surface area contributed by atoms with Crippen LogP contribution in [0.25, 0.3) is 0 Å². The second-order valence-electron chi connectivity index (χ2n) is 5.69. The van der Waals surface area contributed by atoms with Crippen molar-refractivity contribution in [1.82, 2.24) is 0 Å². The zero-order valence-corrected chi connectivity index (χ0v) is 14.2. The van der Waals surface area contributed by atoms with Crippen molar-refractivity contribution in [2.45, 2.75) is 58.3 Å². The predicted molar refractivity (Wildman–Crippen MR) is 92.0 cm³/mol. The van der Waals surface area contributed by atoms with E-state index in [1.165, 1.54) is 57.1 Å². The monoisotopic (exact) mass is 323 g/mol. The van der Waals surface area contributed by atoms with E-state index in [2.05, 4.69) is 6.92 Å². The number of unbranched alkanes of at least 4 members (excludes halogenated alkanes) is 7. The summed E-state index contributed by atoms with van der Waals surface area (Å²) >= 11 is 0. The van der Waals surface area contributed by atoms with Gasteiger partial charge in [0.05, 0.1) is 11.5 Å². The van der Waals surface area contributed by atoms with Crippen LogP contribution < -0.4 is 4.74 Å². The molecular formula is C18H29NO4. The van der Waals surface area contributed by atoms with Crippen molar-refractivity contribution in [3.63, 3.8) is 0 Å². The number of non-ortho nitro benzene ring substituents is 1. The molecule has 0 N–H and O–H groups in total. The highest BCUT2D eigenvalue weighted by atomic mass is 16.6. The largest absolute Gasteiger partial charge is 0.491 e. The van der Waals surface area contributed by atoms with E-state index in [-0.39, 0.29) is 5.69 Å². The smallest absolute Gasteiger partial charge is 0.269 e. The van der Waals surface area contributed by atoms with Crippen molar-refractivity contribution in [3.05, 3.63) is 34.4 Å². The van der Waals surface area contributed by atoms with E-state index >= 15 is 0 Å². The summed E-state index contributed by atoms with van der Waals surface area (Å²) in [5, 5.41) is 10.5. The highest BCUT2D eigenvalue weighted by Crippen LogP contribution is 2.17. The quantitative estimate of drug-likeness (QED) is 0.270. The average molecular weight is 323 g/mol. The predicted octanol–water partition coefficient (Wildman–Crippen LogP) is 5.13. The zero-order chi connectivity index (χ0) is 16.8. The van der Waals surface area contributed by atoms with Crippen LogP contribution in [0.3, 0.4) is 0 Å². The van der Waals surface area contributed by atoms with Gasteiger partial charge in [0.1, 0.15) is 12.4 Å². The fourth-order valence-corrected chi connectivity index (χ4v) is 2.32. The van der Waals surface area contributed by atoms with Crippen LogP contribution in [-0.4, -0.2) is 24.7 Å². The topological polar surface area (TPSA) is 61.6 Å². The lowest BCUT2D eigenvalue weighted by atomic mass is 10.1. The van der Waals surface area contributed by atoms with Crippen LogP contribution in [0, 0.1) is 10.1 Å². The molecule has 23 heavy (non-hydrogen) atoms. The lowest BCUT2D eigenvalue weighted by molar-refractivity contribution is -0.384. The number of nitrogens with zero attached hydrogens (tertiary/aromatic N) is 1. The fourth-order valence-electron chi connectivity index (χ4n) is 2.32. The van der Waals surface area contributed by atoms with Crippen molar-refractivity contribution < 1.29 is 14.4 Å². The number of hydrogen-bond acceptors (Lipinski definition) is 4. The molecule has 1 rings (SSSR count). The Hall–Kier alpha value is -1.62. The minimum atomic E-state index is -0.420. The van der Waals surface area contributed by atoms with Crippen LogP contribution >= 0.6 is 0 Å². The molecule has 0 saturated carbocycles. The minimum absolute atomic E-state index is 0.0725. The van der Waals surface area contributed by atoms with Crippen LogP contribution in [0.4, 0.5) is 5.69 Å². The Morgan fingerprint density at radius 3 is 2.09 bits per heavy atom. The second kappa shape index (κ2) is 12.9. The normalized spacial score (nSPS) is 10.7. The van der Waals surface area contributed by atoms with Crippen LogP contribution in [0.1, 0.15) is 58.3 Å². The molecule has 0 aromatic heterocycles. The van der Waals surface area contributed by atoms with Gasteiger partial charge in [0, 0.05) is 18.7 Å². The first kappa shape index (κ1) is 19.4. The highest BCUT2D eigenvalue weighted by molar-refractivity contribution is 5.35. The van der Waals surface area contributed by atoms with Crippen molar-refractivity contribution >= 4 is 5.69 Å². The first-order valence-electron chi connectivity index (χ1n) is 8.69. The molecule has 0 saturated heterocycles. The van der Waals surface area contributed by atoms with Gasteiger partial charge in [-0.3, -0.25) is 10.1 Å². The number of nitro benzene ring substituents is 1. The molecular weight excluding hydrogens is 294 g/mol. The first-order chi connectivity index (χ1) is 11.2. The third kappa shape index (κ3) is 9.89. The van der Waals surface area contributed by atoms with E-state index in [4.69, 9.17) is 9.47 Å². The molecule has 0 fully saturated rings. The van der Waals surface area contributed by atoms with Crippen LogP contribution in [-0.2, 0) is 4.74 Å². The molecule has 0 radical (unpaired) electrons. The summed E-state index contributed by atoms with van der Waals surface area (Å²) in [7, 11) is 0. The molecule has 5 nitrogen and oxygen atoms in total. The third-order valence-electron chi connectivity index (χ3n) is 3.69. The van der Waals surface area contributed by atoms with Gasteiger partial charge in [0.2, 0.25) is 0 Å². The van der Waals surface area contributed by atoms with Gasteiger partial charge in [-0.15, -0.1) is 0 Å². The summed E-state index contributed by atoms with van der Waals surface area (Å²) < 4.78 is 11.0. The second-order valence-corrected chi connectivity index (χ2v) is 5.69. The molecule has 0 bridgehead atoms. The maximum absolute atomic E-state index is 10.5. The third-order valence-corrected chi connectivity index (χ3v) is 3.69. The Bertz CT molecular complexity index is 420. The van der Waals surface area contributed by atoms with Crippen molar-refractivity contribution in [2.75, 3.05) is 19.8 Å². The Morgan fingerprint density at radius 2 is 1.48 bits per heavy atom. The molecule has 0 amide bonds. The lowest BCUT2D eigenvalue weighted by Gasteiger charge is -2.07. The standard InChI is InChI=1S/C18H29NO4/c1-2-3-4-5-6-7-8-9-14-22-15-16-23-18-12-10-17(11-13-18)19(20)21/h10-13H,2-9,14-16H2,1H3. The van der Waals surface area contributed by atoms with Gasteiger partial charge in [-0.05, 0) is 18.6 Å². The van der Waals surface area contributed by atoms with Crippen molar-refractivity contribution in [2.24, 2.45) is 0 Å². The number of nitro groups is 1. The number of benzene rings is 1. The minimum Gasteiger partial charge on any atom is -0.491 e. The van der Waals surface area contributed by atoms with E-state index < -0.39 is 4.92 Å². The van der Waals surface area contributed by atoms with E-state index in [1.807, 2.05) is 0 Å². The Morgan fingerprint density at radius 1 is 0.870 bits per heavy atom. The fraction of sp³-hybridized carbons (Fsp3) is 0.667. The maximum atomic E-state index is 10.5. The van der Waals surface area contributed by atoms with Gasteiger partial charge in [0.15, 0.2) is 0 Å². The summed E-state index contributed by atoms with van der Waals surface area (Å²) in [5.41, 5.74) is 0.0725. The van der Waals surface area contributed by atoms with E-state index in [1.54, 1.807) is 12.1 Å². The van der Waals surface area contributed by atoms with Crippen LogP contribution in [0.5, 0.6) is 5.75 Å². The molecule has 0 aliphatic heterocycles. The maximum Gasteiger partial charge on any atom is 0.269 e. The Kier molecular flexibility index (Phi) is 10.9. The van der Waals surface area contributed by atoms with Gasteiger partial charge in [-0.2, -0.15) is 0 Å². The molecule has 0 aliphatic rings. The summed E-state index contributed by atoms with van der Waals surface area (Å²) in [6, 6.07) is 6.10. The summed E-state index contributed by atoms with van der Waals surface area (Å²) in [6.45, 7) is 4.03. The molecule has 5 heteroatoms. The van der Waals surface area contributed by atoms with Crippen molar-refractivity contribution in [3.8, 4) is 5.75 Å². The zero-order valence-electron chi connectivity index (χ0n) is 14.2. The van der Waals surface area contributed by atoms with Gasteiger partial charge < -0.3 is 9.47 Å². The molecule has 0 atom stereocenters. The van der Waals surface area contributed by atoms with E-state index in [9.17, 15) is 10.1 Å². The van der Waals surface area contributed by atoms with Crippen LogP contribution in [0.15, 0.2) is 24.3 Å². The molecule has 0 aliphatic carbocycles. The van der Waals surface area contributed by atoms with Gasteiger partial charge >= 0.3 is 0 Å². The molecule has 1 aromatic carbocycles. The Balaban J connectivity index is 1.90. The first-order valence-corrected chi connectivity index (χ1v) is 8.69. The SMILES string of the molecule is CCCCCCCCCCOCCOc1ccc([N+](=O)[O-])cc1. The van der Waals surface area contributed by atoms with Crippen LogP contribution in [0.2, 0.25) is 0 Å². The summed E-state index contributed by atoms with van der Waals surface area (Å²) in [5.74, 6) is 0.631. The number of ether oxygens (including phenoxy) is 2. The highest BCUT2D eigenvalue weighted by Gasteiger charge is 2.03. The average Bonchev–Trinajstić information content (AvgIpc) is 2.56. The van der Waals surface area contributed by atoms with Gasteiger partial charge in [-0.1, -0.05) is 51.9 Å². The summed E-state index contributed by atoms with van der Waals surface area (Å²) in [6.07, 6.45) is 10.4. The van der Waals surface area contributed by atoms with Gasteiger partial charge in [0.25, 0.3) is 5.69 Å². The molecule has 1 aromatic rings. The molecule has 0 unspecified atom stereocenters. The molecule has 0 heterocycles. The number of hydrogen-bond donors (Lipinski definition) is 0. The lowest BCUT2D eigenvalue weighted by Crippen LogP contribution is -2.07.